The molecule has 1 aromatic heterocycles. The van der Waals surface area contributed by atoms with Crippen LogP contribution >= 0.6 is 20.4 Å². The lowest BCUT2D eigenvalue weighted by atomic mass is 10.1. The van der Waals surface area contributed by atoms with Gasteiger partial charge in [0, 0.05) is 36.0 Å². The predicted octanol–water partition coefficient (Wildman–Crippen LogP) is 3.23. The second-order valence-electron chi connectivity index (χ2n) is 7.45. The first-order valence-corrected chi connectivity index (χ1v) is 12.3. The van der Waals surface area contributed by atoms with Crippen molar-refractivity contribution in [2.24, 2.45) is 0 Å². The van der Waals surface area contributed by atoms with Crippen molar-refractivity contribution in [2.75, 3.05) is 18.8 Å². The van der Waals surface area contributed by atoms with Gasteiger partial charge >= 0.3 is 0 Å². The van der Waals surface area contributed by atoms with E-state index in [9.17, 15) is 9.59 Å². The first-order valence-electron chi connectivity index (χ1n) is 10.2. The quantitative estimate of drug-likeness (QED) is 0.549. The number of fused-ring (bicyclic) bond motifs is 1. The molecule has 1 saturated heterocycles. The minimum Gasteiger partial charge on any atom is -0.383 e. The van der Waals surface area contributed by atoms with Crippen LogP contribution in [0.3, 0.4) is 0 Å². The van der Waals surface area contributed by atoms with Crippen molar-refractivity contribution < 1.29 is 9.59 Å². The molecule has 7 nitrogen and oxygen atoms in total. The second kappa shape index (κ2) is 9.20. The summed E-state index contributed by atoms with van der Waals surface area (Å²) in [7, 11) is 5.79. The first kappa shape index (κ1) is 21.5. The van der Waals surface area contributed by atoms with Gasteiger partial charge in [0.25, 0.3) is 0 Å². The topological polar surface area (TPSA) is 92.4 Å². The van der Waals surface area contributed by atoms with Crippen LogP contribution in [0.4, 0.5) is 5.82 Å². The van der Waals surface area contributed by atoms with E-state index in [-0.39, 0.29) is 11.8 Å². The number of rotatable bonds is 5. The van der Waals surface area contributed by atoms with Gasteiger partial charge in [-0.1, -0.05) is 28.8 Å². The van der Waals surface area contributed by atoms with E-state index < -0.39 is 15.7 Å². The molecule has 2 atom stereocenters. The van der Waals surface area contributed by atoms with Crippen LogP contribution < -0.4 is 5.73 Å². The van der Waals surface area contributed by atoms with Gasteiger partial charge in [-0.2, -0.15) is 0 Å². The Morgan fingerprint density at radius 3 is 2.94 bits per heavy atom. The molecule has 2 N–H and O–H groups in total. The van der Waals surface area contributed by atoms with Crippen LogP contribution in [0.5, 0.6) is 0 Å². The summed E-state index contributed by atoms with van der Waals surface area (Å²) in [5.41, 5.74) is 7.61. The standard InChI is InChI=1S/C22H24ClN5O2S/c1-2-19-22(30)27(13-15-5-7-17-18(12-15)25-14-26-21(17)24)9-10-28(19)20(29)8-6-16-4-3-11-31(16)23/h4-8,11-12,14,19H,2-3,9-10,13H2,1H3,(H2,24,25,26)/t19-,31?/m0/s1. The number of benzene rings is 1. The Morgan fingerprint density at radius 1 is 1.35 bits per heavy atom. The molecule has 162 valence electrons. The summed E-state index contributed by atoms with van der Waals surface area (Å²) in [6, 6.07) is 5.28. The van der Waals surface area contributed by atoms with Gasteiger partial charge in [0.15, 0.2) is 0 Å². The van der Waals surface area contributed by atoms with Gasteiger partial charge in [0.2, 0.25) is 11.8 Å². The number of hydrogen-bond donors (Lipinski definition) is 1. The van der Waals surface area contributed by atoms with Crippen molar-refractivity contribution in [1.82, 2.24) is 19.8 Å². The van der Waals surface area contributed by atoms with E-state index in [0.29, 0.717) is 31.9 Å². The number of piperazine rings is 1. The average molecular weight is 458 g/mol. The lowest BCUT2D eigenvalue weighted by Crippen LogP contribution is -2.57. The largest absolute Gasteiger partial charge is 0.383 e. The maximum atomic E-state index is 13.1. The van der Waals surface area contributed by atoms with Crippen LogP contribution in [0.25, 0.3) is 10.9 Å². The highest BCUT2D eigenvalue weighted by Gasteiger charge is 2.35. The number of hydrogen-bond acceptors (Lipinski definition) is 5. The molecule has 1 unspecified atom stereocenters. The summed E-state index contributed by atoms with van der Waals surface area (Å²) < 4.78 is 0. The maximum absolute atomic E-state index is 13.1. The zero-order chi connectivity index (χ0) is 22.0. The number of nitrogens with two attached hydrogens (primary N) is 1. The highest BCUT2D eigenvalue weighted by Crippen LogP contribution is 2.35. The molecule has 9 heteroatoms. The summed E-state index contributed by atoms with van der Waals surface area (Å²) >= 11 is 0. The molecule has 1 aromatic carbocycles. The number of halogens is 1. The molecule has 0 spiro atoms. The summed E-state index contributed by atoms with van der Waals surface area (Å²) in [4.78, 5) is 38.6. The van der Waals surface area contributed by atoms with E-state index in [4.69, 9.17) is 16.4 Å². The van der Waals surface area contributed by atoms with E-state index in [1.807, 2.05) is 36.6 Å². The normalized spacial score (nSPS) is 21.6. The first-order chi connectivity index (χ1) is 15.0. The summed E-state index contributed by atoms with van der Waals surface area (Å²) in [6.45, 7) is 3.37. The van der Waals surface area contributed by atoms with Crippen LogP contribution in [0.1, 0.15) is 25.3 Å². The molecular weight excluding hydrogens is 434 g/mol. The van der Waals surface area contributed by atoms with Crippen molar-refractivity contribution in [3.05, 3.63) is 53.2 Å². The zero-order valence-electron chi connectivity index (χ0n) is 17.2. The molecule has 1 fully saturated rings. The summed E-state index contributed by atoms with van der Waals surface area (Å²) in [5, 5.41) is 2.80. The van der Waals surface area contributed by atoms with Crippen molar-refractivity contribution in [3.63, 3.8) is 0 Å². The molecule has 4 rings (SSSR count). The Morgan fingerprint density at radius 2 is 2.19 bits per heavy atom. The number of aromatic nitrogens is 2. The van der Waals surface area contributed by atoms with Gasteiger partial charge in [0.05, 0.1) is 5.52 Å². The molecule has 2 aliphatic heterocycles. The van der Waals surface area contributed by atoms with Gasteiger partial charge in [-0.3, -0.25) is 9.59 Å². The van der Waals surface area contributed by atoms with Gasteiger partial charge in [-0.15, -0.1) is 0 Å². The van der Waals surface area contributed by atoms with Crippen LogP contribution in [0.15, 0.2) is 47.7 Å². The highest BCUT2D eigenvalue weighted by molar-refractivity contribution is 8.37. The Bertz CT molecular complexity index is 1130. The fourth-order valence-corrected chi connectivity index (χ4v) is 5.38. The van der Waals surface area contributed by atoms with Crippen LogP contribution in [-0.4, -0.2) is 56.1 Å². The van der Waals surface area contributed by atoms with Crippen molar-refractivity contribution in [2.45, 2.75) is 32.4 Å². The molecule has 31 heavy (non-hydrogen) atoms. The van der Waals surface area contributed by atoms with Crippen molar-refractivity contribution in [1.29, 1.82) is 0 Å². The molecule has 0 bridgehead atoms. The summed E-state index contributed by atoms with van der Waals surface area (Å²) in [6.07, 6.45) is 8.14. The molecule has 2 aromatic rings. The number of allylic oxidation sites excluding steroid dienone is 2. The maximum Gasteiger partial charge on any atom is 0.247 e. The Labute approximate surface area is 188 Å². The Kier molecular flexibility index (Phi) is 6.38. The van der Waals surface area contributed by atoms with Crippen molar-refractivity contribution in [3.8, 4) is 0 Å². The van der Waals surface area contributed by atoms with E-state index in [1.165, 1.54) is 12.4 Å². The smallest absolute Gasteiger partial charge is 0.247 e. The van der Waals surface area contributed by atoms with E-state index in [0.717, 1.165) is 27.8 Å². The van der Waals surface area contributed by atoms with Gasteiger partial charge in [-0.25, -0.2) is 9.97 Å². The molecule has 3 heterocycles. The number of anilines is 1. The number of amides is 2. The lowest BCUT2D eigenvalue weighted by Gasteiger charge is -2.40. The lowest BCUT2D eigenvalue weighted by molar-refractivity contribution is -0.149. The SMILES string of the molecule is CC[C@H]1C(=O)N(Cc2ccc3c(N)ncnc3c2)CCN1C(=O)C=CC1=CCC=S1Cl. The molecule has 0 saturated carbocycles. The van der Waals surface area contributed by atoms with Gasteiger partial charge < -0.3 is 15.5 Å². The predicted molar refractivity (Wildman–Crippen MR) is 127 cm³/mol. The second-order valence-corrected chi connectivity index (χ2v) is 9.82. The molecule has 2 aliphatic rings. The fraction of sp³-hybridized carbons (Fsp3) is 0.318. The van der Waals surface area contributed by atoms with E-state index in [1.54, 1.807) is 15.9 Å². The number of nitrogen functional groups attached to an aromatic ring is 1. The van der Waals surface area contributed by atoms with Crippen LogP contribution in [-0.2, 0) is 16.1 Å². The third-order valence-electron chi connectivity index (χ3n) is 5.54. The summed E-state index contributed by atoms with van der Waals surface area (Å²) in [5.74, 6) is 0.244. The monoisotopic (exact) mass is 457 g/mol. The third kappa shape index (κ3) is 4.50. The minimum absolute atomic E-state index is 0.0386. The minimum atomic E-state index is -0.470. The zero-order valence-corrected chi connectivity index (χ0v) is 18.8. The Hall–Kier alpha value is -2.71. The van der Waals surface area contributed by atoms with Crippen molar-refractivity contribution >= 4 is 54.3 Å². The van der Waals surface area contributed by atoms with Crippen LogP contribution in [0, 0.1) is 0 Å². The molecule has 0 aliphatic carbocycles. The van der Waals surface area contributed by atoms with E-state index in [2.05, 4.69) is 9.97 Å². The van der Waals surface area contributed by atoms with E-state index >= 15 is 0 Å². The fourth-order valence-electron chi connectivity index (χ4n) is 3.90. The number of carbonyl (C=O) groups is 2. The highest BCUT2D eigenvalue weighted by atomic mass is 35.7. The molecule has 2 amide bonds. The number of carbonyl (C=O) groups excluding carboxylic acids is 2. The molecule has 0 radical (unpaired) electrons. The molecular formula is C22H24ClN5O2S. The Balaban J connectivity index is 1.46. The number of nitrogens with zero attached hydrogens (tertiary/aromatic N) is 4. The third-order valence-corrected chi connectivity index (χ3v) is 7.69. The van der Waals surface area contributed by atoms with Gasteiger partial charge in [0.1, 0.15) is 18.2 Å². The average Bonchev–Trinajstić information content (AvgIpc) is 3.18. The van der Waals surface area contributed by atoms with Crippen LogP contribution in [0.2, 0.25) is 0 Å². The van der Waals surface area contributed by atoms with Gasteiger partial charge in [-0.05, 0) is 52.7 Å².